The fraction of sp³-hybridized carbons (Fsp3) is 0.273. The second kappa shape index (κ2) is 10.8. The molecule has 0 bridgehead atoms. The summed E-state index contributed by atoms with van der Waals surface area (Å²) in [5, 5.41) is 2.64. The molecular weight excluding hydrogens is 340 g/mol. The van der Waals surface area contributed by atoms with Gasteiger partial charge in [-0.05, 0) is 25.0 Å². The molecular formula is C22H26N2O3. The van der Waals surface area contributed by atoms with Crippen molar-refractivity contribution in [3.8, 4) is 0 Å². The third-order valence-corrected chi connectivity index (χ3v) is 3.85. The Hall–Kier alpha value is -3.08. The molecule has 2 aromatic rings. The highest BCUT2D eigenvalue weighted by atomic mass is 16.5. The zero-order valence-corrected chi connectivity index (χ0v) is 15.9. The largest absolute Gasteiger partial charge is 0.465 e. The normalized spacial score (nSPS) is 11.0. The Morgan fingerprint density at radius 3 is 2.30 bits per heavy atom. The van der Waals surface area contributed by atoms with Gasteiger partial charge in [-0.1, -0.05) is 72.3 Å². The summed E-state index contributed by atoms with van der Waals surface area (Å²) in [6, 6.07) is 19.4. The molecule has 0 aliphatic rings. The Kier molecular flexibility index (Phi) is 8.10. The summed E-state index contributed by atoms with van der Waals surface area (Å²) in [6.07, 6.45) is 2.05. The maximum absolute atomic E-state index is 12.6. The van der Waals surface area contributed by atoms with Crippen molar-refractivity contribution in [3.63, 3.8) is 0 Å². The number of carbonyl (C=O) groups is 2. The summed E-state index contributed by atoms with van der Waals surface area (Å²) < 4.78 is 4.87. The van der Waals surface area contributed by atoms with Crippen molar-refractivity contribution < 1.29 is 14.3 Å². The zero-order valence-electron chi connectivity index (χ0n) is 15.9. The number of rotatable bonds is 8. The summed E-state index contributed by atoms with van der Waals surface area (Å²) in [6.45, 7) is 4.79. The number of hydrogen-bond acceptors (Lipinski definition) is 3. The van der Waals surface area contributed by atoms with E-state index in [1.54, 1.807) is 11.8 Å². The predicted octanol–water partition coefficient (Wildman–Crippen LogP) is 3.86. The van der Waals surface area contributed by atoms with Gasteiger partial charge in [0, 0.05) is 13.1 Å². The van der Waals surface area contributed by atoms with Crippen molar-refractivity contribution in [2.75, 3.05) is 19.7 Å². The van der Waals surface area contributed by atoms with E-state index in [-0.39, 0.29) is 12.6 Å². The molecule has 0 radical (unpaired) electrons. The lowest BCUT2D eigenvalue weighted by Crippen LogP contribution is -2.42. The number of urea groups is 1. The van der Waals surface area contributed by atoms with E-state index in [2.05, 4.69) is 11.4 Å². The summed E-state index contributed by atoms with van der Waals surface area (Å²) >= 11 is 0. The van der Waals surface area contributed by atoms with Crippen LogP contribution in [0.1, 0.15) is 25.0 Å². The van der Waals surface area contributed by atoms with Gasteiger partial charge in [0.05, 0.1) is 6.61 Å². The smallest absolute Gasteiger partial charge is 0.325 e. The lowest BCUT2D eigenvalue weighted by atomic mass is 10.1. The number of hydrogen-bond donors (Lipinski definition) is 1. The van der Waals surface area contributed by atoms with Crippen LogP contribution in [-0.4, -0.2) is 36.6 Å². The molecule has 0 unspecified atom stereocenters. The molecule has 5 nitrogen and oxygen atoms in total. The number of nitrogens with one attached hydrogen (secondary N) is 1. The van der Waals surface area contributed by atoms with E-state index < -0.39 is 5.97 Å². The molecule has 5 heteroatoms. The highest BCUT2D eigenvalue weighted by Crippen LogP contribution is 2.11. The zero-order chi connectivity index (χ0) is 19.5. The first-order valence-corrected chi connectivity index (χ1v) is 9.03. The Labute approximate surface area is 160 Å². The number of esters is 1. The van der Waals surface area contributed by atoms with Gasteiger partial charge in [-0.2, -0.15) is 0 Å². The number of carbonyl (C=O) groups excluding carboxylic acids is 2. The van der Waals surface area contributed by atoms with Crippen LogP contribution in [0.25, 0.3) is 6.08 Å². The van der Waals surface area contributed by atoms with Crippen LogP contribution >= 0.6 is 0 Å². The van der Waals surface area contributed by atoms with Crippen LogP contribution in [-0.2, 0) is 16.1 Å². The molecule has 0 aromatic heterocycles. The molecule has 0 atom stereocenters. The lowest BCUT2D eigenvalue weighted by Gasteiger charge is -2.23. The Balaban J connectivity index is 2.07. The van der Waals surface area contributed by atoms with Gasteiger partial charge in [-0.25, -0.2) is 4.79 Å². The van der Waals surface area contributed by atoms with Gasteiger partial charge in [0.15, 0.2) is 0 Å². The van der Waals surface area contributed by atoms with Crippen LogP contribution in [0.4, 0.5) is 4.79 Å². The van der Waals surface area contributed by atoms with Gasteiger partial charge in [0.25, 0.3) is 0 Å². The molecule has 0 spiro atoms. The number of ether oxygens (including phenoxy) is 1. The molecule has 0 aliphatic heterocycles. The van der Waals surface area contributed by atoms with Crippen LogP contribution in [0.2, 0.25) is 0 Å². The van der Waals surface area contributed by atoms with E-state index in [0.29, 0.717) is 19.7 Å². The maximum Gasteiger partial charge on any atom is 0.325 e. The number of nitrogens with zero attached hydrogens (tertiary/aromatic N) is 1. The summed E-state index contributed by atoms with van der Waals surface area (Å²) in [7, 11) is 0. The minimum Gasteiger partial charge on any atom is -0.465 e. The van der Waals surface area contributed by atoms with E-state index >= 15 is 0 Å². The topological polar surface area (TPSA) is 58.6 Å². The Bertz CT molecular complexity index is 758. The van der Waals surface area contributed by atoms with Gasteiger partial charge in [-0.15, -0.1) is 0 Å². The maximum atomic E-state index is 12.6. The number of amides is 2. The molecule has 0 heterocycles. The van der Waals surface area contributed by atoms with Gasteiger partial charge >= 0.3 is 12.0 Å². The highest BCUT2D eigenvalue weighted by Gasteiger charge is 2.16. The first-order chi connectivity index (χ1) is 13.1. The van der Waals surface area contributed by atoms with Crippen LogP contribution in [0.15, 0.2) is 66.2 Å². The lowest BCUT2D eigenvalue weighted by molar-refractivity contribution is -0.141. The Morgan fingerprint density at radius 2 is 1.67 bits per heavy atom. The molecule has 2 aromatic carbocycles. The molecule has 2 rings (SSSR count). The van der Waals surface area contributed by atoms with Gasteiger partial charge in [0.2, 0.25) is 0 Å². The molecule has 2 amide bonds. The van der Waals surface area contributed by atoms with Gasteiger partial charge in [-0.3, -0.25) is 4.79 Å². The molecule has 0 fully saturated rings. The van der Waals surface area contributed by atoms with Gasteiger partial charge in [0.1, 0.15) is 6.54 Å². The van der Waals surface area contributed by atoms with E-state index in [1.165, 1.54) is 0 Å². The molecule has 142 valence electrons. The number of benzene rings is 2. The summed E-state index contributed by atoms with van der Waals surface area (Å²) in [5.41, 5.74) is 3.15. The fourth-order valence-corrected chi connectivity index (χ4v) is 2.66. The summed E-state index contributed by atoms with van der Waals surface area (Å²) in [5.74, 6) is -0.443. The first kappa shape index (κ1) is 20.2. The second-order valence-electron chi connectivity index (χ2n) is 6.21. The average Bonchev–Trinajstić information content (AvgIpc) is 2.67. The van der Waals surface area contributed by atoms with E-state index in [4.69, 9.17) is 4.74 Å². The van der Waals surface area contributed by atoms with Crippen LogP contribution in [0.5, 0.6) is 0 Å². The van der Waals surface area contributed by atoms with Crippen LogP contribution < -0.4 is 5.32 Å². The molecule has 0 aliphatic carbocycles. The van der Waals surface area contributed by atoms with Crippen molar-refractivity contribution in [2.24, 2.45) is 0 Å². The minimum atomic E-state index is -0.443. The highest BCUT2D eigenvalue weighted by molar-refractivity contribution is 5.81. The quantitative estimate of drug-likeness (QED) is 0.722. The SMILES string of the molecule is CCOC(=O)CNC(=O)N(C/C(C)=C/c1ccccc1)Cc1ccccc1. The van der Waals surface area contributed by atoms with Crippen molar-refractivity contribution in [2.45, 2.75) is 20.4 Å². The molecule has 0 saturated carbocycles. The van der Waals surface area contributed by atoms with E-state index in [9.17, 15) is 9.59 Å². The predicted molar refractivity (Wildman–Crippen MR) is 107 cm³/mol. The van der Waals surface area contributed by atoms with E-state index in [0.717, 1.165) is 16.7 Å². The average molecular weight is 366 g/mol. The molecule has 1 N–H and O–H groups in total. The van der Waals surface area contributed by atoms with Crippen molar-refractivity contribution in [1.82, 2.24) is 10.2 Å². The first-order valence-electron chi connectivity index (χ1n) is 9.03. The summed E-state index contributed by atoms with van der Waals surface area (Å²) in [4.78, 5) is 25.8. The Morgan fingerprint density at radius 1 is 1.04 bits per heavy atom. The van der Waals surface area contributed by atoms with Crippen LogP contribution in [0, 0.1) is 0 Å². The standard InChI is InChI=1S/C22H26N2O3/c1-3-27-21(25)15-23-22(26)24(17-20-12-8-5-9-13-20)16-18(2)14-19-10-6-4-7-11-19/h4-14H,3,15-17H2,1-2H3,(H,23,26)/b18-14+. The third-order valence-electron chi connectivity index (χ3n) is 3.85. The molecule has 0 saturated heterocycles. The van der Waals surface area contributed by atoms with Crippen LogP contribution in [0.3, 0.4) is 0 Å². The van der Waals surface area contributed by atoms with Crippen molar-refractivity contribution in [3.05, 3.63) is 77.4 Å². The third kappa shape index (κ3) is 7.36. The second-order valence-corrected chi connectivity index (χ2v) is 6.21. The van der Waals surface area contributed by atoms with Gasteiger partial charge < -0.3 is 15.0 Å². The molecule has 27 heavy (non-hydrogen) atoms. The van der Waals surface area contributed by atoms with E-state index in [1.807, 2.05) is 67.6 Å². The fourth-order valence-electron chi connectivity index (χ4n) is 2.66. The monoisotopic (exact) mass is 366 g/mol. The van der Waals surface area contributed by atoms with Crippen molar-refractivity contribution in [1.29, 1.82) is 0 Å². The van der Waals surface area contributed by atoms with Crippen molar-refractivity contribution >= 4 is 18.1 Å². The minimum absolute atomic E-state index is 0.139.